The van der Waals surface area contributed by atoms with Gasteiger partial charge < -0.3 is 10.1 Å². The molecule has 7 nitrogen and oxygen atoms in total. The first-order valence-corrected chi connectivity index (χ1v) is 7.21. The highest BCUT2D eigenvalue weighted by atomic mass is 16.5. The zero-order valence-electron chi connectivity index (χ0n) is 12.3. The molecule has 1 saturated heterocycles. The third-order valence-corrected chi connectivity index (χ3v) is 4.23. The van der Waals surface area contributed by atoms with E-state index in [2.05, 4.69) is 5.32 Å². The highest BCUT2D eigenvalue weighted by Crippen LogP contribution is 2.38. The average Bonchev–Trinajstić information content (AvgIpc) is 2.76. The maximum atomic E-state index is 12.3. The molecule has 116 valence electrons. The molecule has 0 spiro atoms. The lowest BCUT2D eigenvalue weighted by Crippen LogP contribution is -2.45. The number of nitrogens with one attached hydrogen (secondary N) is 1. The lowest BCUT2D eigenvalue weighted by Gasteiger charge is -2.21. The zero-order chi connectivity index (χ0) is 15.6. The molecule has 1 heterocycles. The summed E-state index contributed by atoms with van der Waals surface area (Å²) in [6.45, 7) is 1.04. The van der Waals surface area contributed by atoms with Gasteiger partial charge in [0.15, 0.2) is 6.61 Å². The van der Waals surface area contributed by atoms with Crippen LogP contribution in [0.1, 0.15) is 32.6 Å². The number of nitrogens with zero attached hydrogens (tertiary/aromatic N) is 1. The Morgan fingerprint density at radius 2 is 1.76 bits per heavy atom. The van der Waals surface area contributed by atoms with Crippen LogP contribution in [0.2, 0.25) is 0 Å². The molecule has 0 aromatic heterocycles. The van der Waals surface area contributed by atoms with Crippen molar-refractivity contribution in [3.05, 3.63) is 0 Å². The normalized spacial score (nSPS) is 26.3. The monoisotopic (exact) mass is 296 g/mol. The minimum Gasteiger partial charge on any atom is -0.454 e. The van der Waals surface area contributed by atoms with E-state index in [1.54, 1.807) is 0 Å². The summed E-state index contributed by atoms with van der Waals surface area (Å²) in [5, 5.41) is 2.32. The Bertz CT molecular complexity index is 452. The molecule has 0 aromatic rings. The van der Waals surface area contributed by atoms with E-state index in [1.165, 1.54) is 14.0 Å². The van der Waals surface area contributed by atoms with Gasteiger partial charge in [-0.2, -0.15) is 0 Å². The molecule has 0 aromatic carbocycles. The van der Waals surface area contributed by atoms with Gasteiger partial charge in [0, 0.05) is 7.05 Å². The van der Waals surface area contributed by atoms with E-state index < -0.39 is 24.5 Å². The SMILES string of the molecule is CNC(=O)COC(=O)[C@H](C)N1C(=O)[C@@H]2CCCC[C@H]2C1=O. The van der Waals surface area contributed by atoms with Crippen molar-refractivity contribution < 1.29 is 23.9 Å². The van der Waals surface area contributed by atoms with Crippen LogP contribution in [0.5, 0.6) is 0 Å². The fourth-order valence-electron chi connectivity index (χ4n) is 3.00. The molecule has 2 rings (SSSR count). The van der Waals surface area contributed by atoms with Crippen LogP contribution >= 0.6 is 0 Å². The van der Waals surface area contributed by atoms with Gasteiger partial charge in [-0.05, 0) is 19.8 Å². The van der Waals surface area contributed by atoms with Gasteiger partial charge in [-0.1, -0.05) is 12.8 Å². The third-order valence-electron chi connectivity index (χ3n) is 4.23. The van der Waals surface area contributed by atoms with Crippen LogP contribution in [-0.4, -0.2) is 48.3 Å². The van der Waals surface area contributed by atoms with Gasteiger partial charge in [0.1, 0.15) is 6.04 Å². The molecule has 0 bridgehead atoms. The Hall–Kier alpha value is -1.92. The Kier molecular flexibility index (Phi) is 4.59. The van der Waals surface area contributed by atoms with Gasteiger partial charge >= 0.3 is 5.97 Å². The third kappa shape index (κ3) is 2.91. The van der Waals surface area contributed by atoms with Gasteiger partial charge in [0.25, 0.3) is 5.91 Å². The van der Waals surface area contributed by atoms with E-state index in [4.69, 9.17) is 4.74 Å². The molecule has 0 radical (unpaired) electrons. The van der Waals surface area contributed by atoms with Gasteiger partial charge in [0.2, 0.25) is 11.8 Å². The van der Waals surface area contributed by atoms with E-state index in [0.29, 0.717) is 12.8 Å². The highest BCUT2D eigenvalue weighted by Gasteiger charge is 2.51. The van der Waals surface area contributed by atoms with Crippen molar-refractivity contribution in [2.45, 2.75) is 38.6 Å². The molecule has 2 aliphatic rings. The second-order valence-corrected chi connectivity index (χ2v) is 5.50. The number of carbonyl (C=O) groups is 4. The number of fused-ring (bicyclic) bond motifs is 1. The minimum absolute atomic E-state index is 0.283. The smallest absolute Gasteiger partial charge is 0.329 e. The molecule has 0 unspecified atom stereocenters. The largest absolute Gasteiger partial charge is 0.454 e. The fraction of sp³-hybridized carbons (Fsp3) is 0.714. The number of esters is 1. The number of imide groups is 1. The van der Waals surface area contributed by atoms with Crippen LogP contribution in [0.3, 0.4) is 0 Å². The number of ether oxygens (including phenoxy) is 1. The van der Waals surface area contributed by atoms with Crippen molar-refractivity contribution in [2.24, 2.45) is 11.8 Å². The van der Waals surface area contributed by atoms with E-state index in [0.717, 1.165) is 17.7 Å². The molecule has 1 aliphatic carbocycles. The second-order valence-electron chi connectivity index (χ2n) is 5.50. The highest BCUT2D eigenvalue weighted by molar-refractivity contribution is 6.07. The number of carbonyl (C=O) groups excluding carboxylic acids is 4. The maximum Gasteiger partial charge on any atom is 0.329 e. The first kappa shape index (κ1) is 15.5. The maximum absolute atomic E-state index is 12.3. The predicted octanol–water partition coefficient (Wildman–Crippen LogP) is -0.161. The standard InChI is InChI=1S/C14H20N2O5/c1-8(14(20)21-7-11(17)15-2)16-12(18)9-5-3-4-6-10(9)13(16)19/h8-10H,3-7H2,1-2H3,(H,15,17)/t8-,9+,10+/m0/s1. The van der Waals surface area contributed by atoms with Crippen LogP contribution in [0.15, 0.2) is 0 Å². The van der Waals surface area contributed by atoms with E-state index >= 15 is 0 Å². The van der Waals surface area contributed by atoms with Crippen LogP contribution in [0.4, 0.5) is 0 Å². The molecular formula is C14H20N2O5. The van der Waals surface area contributed by atoms with Crippen LogP contribution in [-0.2, 0) is 23.9 Å². The summed E-state index contributed by atoms with van der Waals surface area (Å²) in [7, 11) is 1.43. The molecule has 3 amide bonds. The lowest BCUT2D eigenvalue weighted by molar-refractivity contribution is -0.159. The molecule has 2 fully saturated rings. The van der Waals surface area contributed by atoms with Crippen molar-refractivity contribution in [2.75, 3.05) is 13.7 Å². The number of hydrogen-bond donors (Lipinski definition) is 1. The average molecular weight is 296 g/mol. The molecule has 7 heteroatoms. The summed E-state index contributed by atoms with van der Waals surface area (Å²) >= 11 is 0. The number of rotatable bonds is 4. The molecule has 21 heavy (non-hydrogen) atoms. The fourth-order valence-corrected chi connectivity index (χ4v) is 3.00. The Morgan fingerprint density at radius 1 is 1.24 bits per heavy atom. The van der Waals surface area contributed by atoms with Crippen molar-refractivity contribution in [3.63, 3.8) is 0 Å². The molecular weight excluding hydrogens is 276 g/mol. The van der Waals surface area contributed by atoms with E-state index in [9.17, 15) is 19.2 Å². The summed E-state index contributed by atoms with van der Waals surface area (Å²) in [4.78, 5) is 48.6. The predicted molar refractivity (Wildman–Crippen MR) is 71.8 cm³/mol. The van der Waals surface area contributed by atoms with Gasteiger partial charge in [-0.25, -0.2) is 4.79 Å². The first-order chi connectivity index (χ1) is 9.97. The number of likely N-dealkylation sites (N-methyl/N-ethyl adjacent to an activating group) is 1. The summed E-state index contributed by atoms with van der Waals surface area (Å²) in [6, 6.07) is -0.986. The van der Waals surface area contributed by atoms with Crippen molar-refractivity contribution in [1.82, 2.24) is 10.2 Å². The lowest BCUT2D eigenvalue weighted by atomic mass is 9.81. The molecule has 1 saturated carbocycles. The summed E-state index contributed by atoms with van der Waals surface area (Å²) < 4.78 is 4.82. The summed E-state index contributed by atoms with van der Waals surface area (Å²) in [5.74, 6) is -2.33. The van der Waals surface area contributed by atoms with Crippen LogP contribution in [0.25, 0.3) is 0 Å². The second kappa shape index (κ2) is 6.24. The van der Waals surface area contributed by atoms with Gasteiger partial charge in [-0.15, -0.1) is 0 Å². The number of amides is 3. The summed E-state index contributed by atoms with van der Waals surface area (Å²) in [6.07, 6.45) is 3.27. The zero-order valence-corrected chi connectivity index (χ0v) is 12.3. The molecule has 1 aliphatic heterocycles. The van der Waals surface area contributed by atoms with Crippen LogP contribution in [0, 0.1) is 11.8 Å². The number of likely N-dealkylation sites (tertiary alicyclic amines) is 1. The minimum atomic E-state index is -0.986. The molecule has 1 N–H and O–H groups in total. The van der Waals surface area contributed by atoms with E-state index in [-0.39, 0.29) is 23.7 Å². The van der Waals surface area contributed by atoms with Crippen LogP contribution < -0.4 is 5.32 Å². The first-order valence-electron chi connectivity index (χ1n) is 7.21. The summed E-state index contributed by atoms with van der Waals surface area (Å²) in [5.41, 5.74) is 0. The quantitative estimate of drug-likeness (QED) is 0.575. The topological polar surface area (TPSA) is 92.8 Å². The van der Waals surface area contributed by atoms with Gasteiger partial charge in [0.05, 0.1) is 11.8 Å². The Balaban J connectivity index is 2.03. The molecule has 3 atom stereocenters. The van der Waals surface area contributed by atoms with Gasteiger partial charge in [-0.3, -0.25) is 19.3 Å². The van der Waals surface area contributed by atoms with Crippen molar-refractivity contribution >= 4 is 23.7 Å². The van der Waals surface area contributed by atoms with E-state index in [1.807, 2.05) is 0 Å². The van der Waals surface area contributed by atoms with Crippen molar-refractivity contribution in [3.8, 4) is 0 Å². The Morgan fingerprint density at radius 3 is 2.24 bits per heavy atom. The number of hydrogen-bond acceptors (Lipinski definition) is 5. The Labute approximate surface area is 123 Å². The van der Waals surface area contributed by atoms with Crippen molar-refractivity contribution in [1.29, 1.82) is 0 Å².